The Kier molecular flexibility index (Phi) is 3.96. The van der Waals surface area contributed by atoms with Gasteiger partial charge in [0.25, 0.3) is 0 Å². The van der Waals surface area contributed by atoms with E-state index in [1.54, 1.807) is 6.07 Å². The highest BCUT2D eigenvalue weighted by atomic mass is 35.5. The number of aryl methyl sites for hydroxylation is 1. The highest BCUT2D eigenvalue weighted by molar-refractivity contribution is 8.01. The van der Waals surface area contributed by atoms with Crippen molar-refractivity contribution in [2.45, 2.75) is 36.1 Å². The van der Waals surface area contributed by atoms with Crippen LogP contribution in [-0.4, -0.2) is 20.2 Å². The maximum Gasteiger partial charge on any atom is 0.180 e. The minimum absolute atomic E-state index is 0.254. The van der Waals surface area contributed by atoms with Crippen LogP contribution in [0, 0.1) is 6.92 Å². The summed E-state index contributed by atoms with van der Waals surface area (Å²) in [6.45, 7) is 6.00. The molecular formula is C10H11ClN4S2. The summed E-state index contributed by atoms with van der Waals surface area (Å²) in [6.07, 6.45) is 0. The van der Waals surface area contributed by atoms with Crippen LogP contribution in [0.5, 0.6) is 0 Å². The van der Waals surface area contributed by atoms with Crippen molar-refractivity contribution >= 4 is 34.7 Å². The van der Waals surface area contributed by atoms with E-state index in [0.717, 1.165) is 20.2 Å². The van der Waals surface area contributed by atoms with Crippen molar-refractivity contribution in [2.75, 3.05) is 0 Å². The topological polar surface area (TPSA) is 51.6 Å². The Morgan fingerprint density at radius 3 is 2.65 bits per heavy atom. The second kappa shape index (κ2) is 5.29. The summed E-state index contributed by atoms with van der Waals surface area (Å²) in [6, 6.07) is 1.74. The first kappa shape index (κ1) is 12.7. The van der Waals surface area contributed by atoms with E-state index < -0.39 is 0 Å². The van der Waals surface area contributed by atoms with E-state index in [-0.39, 0.29) is 5.92 Å². The molecule has 0 radical (unpaired) electrons. The SMILES string of the molecule is Cc1nnc(Sc2cc(Cl)nc(C(C)C)n2)s1. The Bertz CT molecular complexity index is 527. The van der Waals surface area contributed by atoms with Gasteiger partial charge in [-0.25, -0.2) is 9.97 Å². The van der Waals surface area contributed by atoms with Gasteiger partial charge in [0.05, 0.1) is 0 Å². The Balaban J connectivity index is 2.26. The molecule has 0 saturated carbocycles. The van der Waals surface area contributed by atoms with E-state index in [4.69, 9.17) is 11.6 Å². The molecule has 0 aliphatic rings. The maximum absolute atomic E-state index is 5.97. The molecule has 0 aliphatic carbocycles. The van der Waals surface area contributed by atoms with Gasteiger partial charge in [0.15, 0.2) is 4.34 Å². The van der Waals surface area contributed by atoms with Gasteiger partial charge in [-0.2, -0.15) is 0 Å². The first-order valence-electron chi connectivity index (χ1n) is 5.07. The Morgan fingerprint density at radius 2 is 2.06 bits per heavy atom. The quantitative estimate of drug-likeness (QED) is 0.808. The van der Waals surface area contributed by atoms with E-state index in [1.807, 2.05) is 20.8 Å². The lowest BCUT2D eigenvalue weighted by Gasteiger charge is -2.05. The van der Waals surface area contributed by atoms with E-state index in [2.05, 4.69) is 20.2 Å². The Labute approximate surface area is 113 Å². The molecule has 0 fully saturated rings. The lowest BCUT2D eigenvalue weighted by molar-refractivity contribution is 0.753. The molecule has 90 valence electrons. The number of nitrogens with zero attached hydrogens (tertiary/aromatic N) is 4. The smallest absolute Gasteiger partial charge is 0.180 e. The van der Waals surface area contributed by atoms with Gasteiger partial charge in [-0.3, -0.25) is 0 Å². The van der Waals surface area contributed by atoms with Crippen LogP contribution >= 0.6 is 34.7 Å². The standard InChI is InChI=1S/C10H11ClN4S2/c1-5(2)9-12-7(11)4-8(13-9)17-10-15-14-6(3)16-10/h4-5H,1-3H3. The summed E-state index contributed by atoms with van der Waals surface area (Å²) in [7, 11) is 0. The molecule has 0 atom stereocenters. The molecular weight excluding hydrogens is 276 g/mol. The molecule has 0 spiro atoms. The number of hydrogen-bond acceptors (Lipinski definition) is 6. The first-order valence-corrected chi connectivity index (χ1v) is 7.08. The van der Waals surface area contributed by atoms with Crippen molar-refractivity contribution in [3.05, 3.63) is 22.1 Å². The zero-order valence-electron chi connectivity index (χ0n) is 9.64. The predicted octanol–water partition coefficient (Wildman–Crippen LogP) is 3.56. The lowest BCUT2D eigenvalue weighted by atomic mass is 10.2. The molecule has 0 amide bonds. The van der Waals surface area contributed by atoms with E-state index in [1.165, 1.54) is 23.1 Å². The van der Waals surface area contributed by atoms with Crippen LogP contribution in [-0.2, 0) is 0 Å². The number of halogens is 1. The second-order valence-electron chi connectivity index (χ2n) is 3.73. The normalized spacial score (nSPS) is 11.1. The highest BCUT2D eigenvalue weighted by Crippen LogP contribution is 2.30. The van der Waals surface area contributed by atoms with Crippen LogP contribution in [0.25, 0.3) is 0 Å². The summed E-state index contributed by atoms with van der Waals surface area (Å²) in [4.78, 5) is 8.63. The fourth-order valence-electron chi connectivity index (χ4n) is 1.13. The molecule has 2 heterocycles. The molecule has 0 saturated heterocycles. The van der Waals surface area contributed by atoms with Crippen LogP contribution in [0.15, 0.2) is 15.4 Å². The van der Waals surface area contributed by atoms with Gasteiger partial charge in [0.2, 0.25) is 0 Å². The summed E-state index contributed by atoms with van der Waals surface area (Å²) in [5.41, 5.74) is 0. The highest BCUT2D eigenvalue weighted by Gasteiger charge is 2.10. The summed E-state index contributed by atoms with van der Waals surface area (Å²) in [5, 5.41) is 10.2. The van der Waals surface area contributed by atoms with Crippen molar-refractivity contribution in [2.24, 2.45) is 0 Å². The van der Waals surface area contributed by atoms with Gasteiger partial charge in [-0.05, 0) is 18.7 Å². The van der Waals surface area contributed by atoms with Gasteiger partial charge in [-0.1, -0.05) is 36.8 Å². The number of aromatic nitrogens is 4. The zero-order chi connectivity index (χ0) is 12.4. The molecule has 2 aromatic rings. The van der Waals surface area contributed by atoms with Crippen LogP contribution in [0.4, 0.5) is 0 Å². The maximum atomic E-state index is 5.97. The Hall–Kier alpha value is -0.720. The number of hydrogen-bond donors (Lipinski definition) is 0. The van der Waals surface area contributed by atoms with E-state index >= 15 is 0 Å². The predicted molar refractivity (Wildman–Crippen MR) is 69.9 cm³/mol. The Morgan fingerprint density at radius 1 is 1.29 bits per heavy atom. The monoisotopic (exact) mass is 286 g/mol. The third kappa shape index (κ3) is 3.37. The first-order chi connectivity index (χ1) is 8.04. The van der Waals surface area contributed by atoms with Crippen LogP contribution in [0.2, 0.25) is 5.15 Å². The third-order valence-corrected chi connectivity index (χ3v) is 3.91. The minimum Gasteiger partial charge on any atom is -0.226 e. The van der Waals surface area contributed by atoms with E-state index in [9.17, 15) is 0 Å². The summed E-state index contributed by atoms with van der Waals surface area (Å²) < 4.78 is 0.868. The molecule has 0 bridgehead atoms. The van der Waals surface area contributed by atoms with Crippen LogP contribution < -0.4 is 0 Å². The minimum atomic E-state index is 0.254. The van der Waals surface area contributed by atoms with Gasteiger partial charge in [-0.15, -0.1) is 10.2 Å². The van der Waals surface area contributed by atoms with Gasteiger partial charge in [0.1, 0.15) is 21.0 Å². The summed E-state index contributed by atoms with van der Waals surface area (Å²) in [5.74, 6) is 1.01. The lowest BCUT2D eigenvalue weighted by Crippen LogP contribution is -1.98. The summed E-state index contributed by atoms with van der Waals surface area (Å²) >= 11 is 8.97. The van der Waals surface area contributed by atoms with E-state index in [0.29, 0.717) is 5.15 Å². The molecule has 7 heteroatoms. The zero-order valence-corrected chi connectivity index (χ0v) is 12.0. The molecule has 0 N–H and O–H groups in total. The molecule has 0 aromatic carbocycles. The molecule has 2 aromatic heterocycles. The molecule has 0 unspecified atom stereocenters. The third-order valence-electron chi connectivity index (χ3n) is 1.90. The average Bonchev–Trinajstić information content (AvgIpc) is 2.63. The van der Waals surface area contributed by atoms with Crippen LogP contribution in [0.3, 0.4) is 0 Å². The van der Waals surface area contributed by atoms with Crippen molar-refractivity contribution in [3.8, 4) is 0 Å². The molecule has 17 heavy (non-hydrogen) atoms. The van der Waals surface area contributed by atoms with Crippen molar-refractivity contribution in [1.82, 2.24) is 20.2 Å². The van der Waals surface area contributed by atoms with Crippen molar-refractivity contribution in [3.63, 3.8) is 0 Å². The largest absolute Gasteiger partial charge is 0.226 e. The van der Waals surface area contributed by atoms with Crippen molar-refractivity contribution < 1.29 is 0 Å². The number of rotatable bonds is 3. The van der Waals surface area contributed by atoms with Gasteiger partial charge in [0, 0.05) is 12.0 Å². The van der Waals surface area contributed by atoms with Crippen molar-refractivity contribution in [1.29, 1.82) is 0 Å². The fraction of sp³-hybridized carbons (Fsp3) is 0.400. The fourth-order valence-corrected chi connectivity index (χ4v) is 3.16. The molecule has 2 rings (SSSR count). The second-order valence-corrected chi connectivity index (χ2v) is 6.57. The average molecular weight is 287 g/mol. The van der Waals surface area contributed by atoms with Crippen LogP contribution in [0.1, 0.15) is 30.6 Å². The molecule has 4 nitrogen and oxygen atoms in total. The van der Waals surface area contributed by atoms with Gasteiger partial charge >= 0.3 is 0 Å². The van der Waals surface area contributed by atoms with Gasteiger partial charge < -0.3 is 0 Å². The molecule has 0 aliphatic heterocycles.